The summed E-state index contributed by atoms with van der Waals surface area (Å²) in [7, 11) is 0. The number of benzene rings is 2. The minimum atomic E-state index is -0.615. The van der Waals surface area contributed by atoms with E-state index in [9.17, 15) is 9.90 Å². The number of rotatable bonds is 3. The highest BCUT2D eigenvalue weighted by Crippen LogP contribution is 2.31. The maximum absolute atomic E-state index is 12.4. The summed E-state index contributed by atoms with van der Waals surface area (Å²) >= 11 is 0. The van der Waals surface area contributed by atoms with Crippen molar-refractivity contribution in [2.24, 2.45) is 0 Å². The van der Waals surface area contributed by atoms with Gasteiger partial charge < -0.3 is 15.7 Å². The molecule has 0 saturated carbocycles. The summed E-state index contributed by atoms with van der Waals surface area (Å²) in [5, 5.41) is 20.3. The smallest absolute Gasteiger partial charge is 0.319 e. The maximum atomic E-state index is 12.4. The highest BCUT2D eigenvalue weighted by molar-refractivity contribution is 5.90. The molecule has 0 aliphatic heterocycles. The van der Waals surface area contributed by atoms with Crippen LogP contribution in [-0.4, -0.2) is 27.0 Å². The topological polar surface area (TPSA) is 79.2 Å². The molecule has 6 nitrogen and oxygen atoms in total. The van der Waals surface area contributed by atoms with E-state index >= 15 is 0 Å². The number of aryl methyl sites for hydroxylation is 1. The predicted octanol–water partition coefficient (Wildman–Crippen LogP) is 2.96. The molecule has 2 aromatic carbocycles. The van der Waals surface area contributed by atoms with Gasteiger partial charge in [0, 0.05) is 24.0 Å². The molecule has 0 spiro atoms. The van der Waals surface area contributed by atoms with E-state index in [1.807, 2.05) is 61.5 Å². The van der Waals surface area contributed by atoms with Gasteiger partial charge in [0.05, 0.1) is 17.8 Å². The van der Waals surface area contributed by atoms with Crippen molar-refractivity contribution in [3.63, 3.8) is 0 Å². The Kier molecular flexibility index (Phi) is 4.18. The number of hydrogen-bond acceptors (Lipinski definition) is 3. The van der Waals surface area contributed by atoms with Crippen molar-refractivity contribution in [3.8, 4) is 5.69 Å². The maximum Gasteiger partial charge on any atom is 0.319 e. The fourth-order valence-electron chi connectivity index (χ4n) is 3.41. The van der Waals surface area contributed by atoms with Gasteiger partial charge in [0.25, 0.3) is 0 Å². The molecule has 1 aliphatic carbocycles. The SMILES string of the molecule is Cc1ccnn1-c1cccc(NC(=O)N[C@H]2c3ccccc3C[C@H]2O)c1. The molecule has 1 heterocycles. The highest BCUT2D eigenvalue weighted by atomic mass is 16.3. The van der Waals surface area contributed by atoms with Gasteiger partial charge in [-0.2, -0.15) is 5.10 Å². The van der Waals surface area contributed by atoms with E-state index in [4.69, 9.17) is 0 Å². The number of carbonyl (C=O) groups is 1. The van der Waals surface area contributed by atoms with Gasteiger partial charge in [-0.3, -0.25) is 0 Å². The van der Waals surface area contributed by atoms with Gasteiger partial charge in [0.15, 0.2) is 0 Å². The Morgan fingerprint density at radius 2 is 2.04 bits per heavy atom. The number of nitrogens with zero attached hydrogens (tertiary/aromatic N) is 2. The molecular formula is C20H20N4O2. The third-order valence-electron chi connectivity index (χ3n) is 4.67. The lowest BCUT2D eigenvalue weighted by Gasteiger charge is -2.18. The van der Waals surface area contributed by atoms with Gasteiger partial charge in [0.2, 0.25) is 0 Å². The minimum Gasteiger partial charge on any atom is -0.390 e. The first kappa shape index (κ1) is 16.4. The standard InChI is InChI=1S/C20H20N4O2/c1-13-9-10-21-24(13)16-7-4-6-15(12-16)22-20(26)23-19-17-8-3-2-5-14(17)11-18(19)25/h2-10,12,18-19,25H,11H2,1H3,(H2,22,23,26)/t18-,19+/m1/s1. The van der Waals surface area contributed by atoms with Gasteiger partial charge in [-0.1, -0.05) is 30.3 Å². The Balaban J connectivity index is 1.48. The number of fused-ring (bicyclic) bond motifs is 1. The highest BCUT2D eigenvalue weighted by Gasteiger charge is 2.31. The predicted molar refractivity (Wildman–Crippen MR) is 99.3 cm³/mol. The van der Waals surface area contributed by atoms with Crippen LogP contribution in [0.2, 0.25) is 0 Å². The van der Waals surface area contributed by atoms with Crippen LogP contribution in [0.4, 0.5) is 10.5 Å². The van der Waals surface area contributed by atoms with Gasteiger partial charge in [-0.15, -0.1) is 0 Å². The van der Waals surface area contributed by atoms with Crippen LogP contribution in [0.25, 0.3) is 5.69 Å². The van der Waals surface area contributed by atoms with E-state index in [0.29, 0.717) is 12.1 Å². The average molecular weight is 348 g/mol. The van der Waals surface area contributed by atoms with Crippen molar-refractivity contribution < 1.29 is 9.90 Å². The molecule has 0 unspecified atom stereocenters. The number of aliphatic hydroxyl groups excluding tert-OH is 1. The Morgan fingerprint density at radius 3 is 2.85 bits per heavy atom. The van der Waals surface area contributed by atoms with E-state index in [1.165, 1.54) is 0 Å². The quantitative estimate of drug-likeness (QED) is 0.681. The van der Waals surface area contributed by atoms with E-state index < -0.39 is 12.1 Å². The van der Waals surface area contributed by atoms with E-state index in [1.54, 1.807) is 10.9 Å². The van der Waals surface area contributed by atoms with Crippen LogP contribution in [0, 0.1) is 6.92 Å². The molecule has 4 rings (SSSR count). The monoisotopic (exact) mass is 348 g/mol. The average Bonchev–Trinajstić information content (AvgIpc) is 3.19. The van der Waals surface area contributed by atoms with Crippen molar-refractivity contribution in [1.29, 1.82) is 0 Å². The number of anilines is 1. The zero-order valence-corrected chi connectivity index (χ0v) is 14.4. The first-order valence-corrected chi connectivity index (χ1v) is 8.56. The van der Waals surface area contributed by atoms with Gasteiger partial charge in [-0.25, -0.2) is 9.48 Å². The number of aliphatic hydroxyl groups is 1. The third-order valence-corrected chi connectivity index (χ3v) is 4.67. The van der Waals surface area contributed by atoms with Crippen LogP contribution in [0.5, 0.6) is 0 Å². The van der Waals surface area contributed by atoms with Crippen LogP contribution < -0.4 is 10.6 Å². The molecule has 6 heteroatoms. The van der Waals surface area contributed by atoms with Crippen molar-refractivity contribution in [2.45, 2.75) is 25.5 Å². The van der Waals surface area contributed by atoms with Crippen molar-refractivity contribution in [1.82, 2.24) is 15.1 Å². The molecular weight excluding hydrogens is 328 g/mol. The molecule has 2 atom stereocenters. The minimum absolute atomic E-state index is 0.347. The lowest BCUT2D eigenvalue weighted by atomic mass is 10.1. The summed E-state index contributed by atoms with van der Waals surface area (Å²) in [5.41, 5.74) is 4.59. The van der Waals surface area contributed by atoms with E-state index in [0.717, 1.165) is 22.5 Å². The lowest BCUT2D eigenvalue weighted by molar-refractivity contribution is 0.144. The van der Waals surface area contributed by atoms with Crippen LogP contribution >= 0.6 is 0 Å². The van der Waals surface area contributed by atoms with Crippen molar-refractivity contribution in [2.75, 3.05) is 5.32 Å². The Labute approximate surface area is 151 Å². The molecule has 26 heavy (non-hydrogen) atoms. The second-order valence-corrected chi connectivity index (χ2v) is 6.48. The summed E-state index contributed by atoms with van der Waals surface area (Å²) in [6, 6.07) is 16.4. The van der Waals surface area contributed by atoms with Gasteiger partial charge >= 0.3 is 6.03 Å². The third kappa shape index (κ3) is 3.07. The Hall–Kier alpha value is -3.12. The molecule has 1 aliphatic rings. The van der Waals surface area contributed by atoms with Crippen LogP contribution in [-0.2, 0) is 6.42 Å². The summed E-state index contributed by atoms with van der Waals surface area (Å²) in [6.45, 7) is 1.97. The fraction of sp³-hybridized carbons (Fsp3) is 0.200. The van der Waals surface area contributed by atoms with E-state index in [-0.39, 0.29) is 6.03 Å². The summed E-state index contributed by atoms with van der Waals surface area (Å²) in [6.07, 6.45) is 1.67. The Bertz CT molecular complexity index is 950. The normalized spacial score (nSPS) is 18.4. The summed E-state index contributed by atoms with van der Waals surface area (Å²) < 4.78 is 1.81. The van der Waals surface area contributed by atoms with Crippen LogP contribution in [0.3, 0.4) is 0 Å². The molecule has 2 amide bonds. The number of urea groups is 1. The van der Waals surface area contributed by atoms with Crippen molar-refractivity contribution >= 4 is 11.7 Å². The summed E-state index contributed by atoms with van der Waals surface area (Å²) in [4.78, 5) is 12.4. The Morgan fingerprint density at radius 1 is 1.19 bits per heavy atom. The molecule has 0 radical (unpaired) electrons. The number of aromatic nitrogens is 2. The molecule has 0 bridgehead atoms. The zero-order chi connectivity index (χ0) is 18.1. The molecule has 0 fully saturated rings. The van der Waals surface area contributed by atoms with Crippen molar-refractivity contribution in [3.05, 3.63) is 77.6 Å². The zero-order valence-electron chi connectivity index (χ0n) is 14.4. The fourth-order valence-corrected chi connectivity index (χ4v) is 3.41. The molecule has 132 valence electrons. The number of carbonyl (C=O) groups excluding carboxylic acids is 1. The molecule has 0 saturated heterocycles. The van der Waals surface area contributed by atoms with Crippen LogP contribution in [0.15, 0.2) is 60.8 Å². The van der Waals surface area contributed by atoms with Gasteiger partial charge in [0.1, 0.15) is 0 Å². The summed E-state index contributed by atoms with van der Waals surface area (Å²) in [5.74, 6) is 0. The second-order valence-electron chi connectivity index (χ2n) is 6.48. The largest absolute Gasteiger partial charge is 0.390 e. The second kappa shape index (κ2) is 6.65. The molecule has 1 aromatic heterocycles. The van der Waals surface area contributed by atoms with E-state index in [2.05, 4.69) is 15.7 Å². The van der Waals surface area contributed by atoms with Crippen LogP contribution in [0.1, 0.15) is 22.9 Å². The number of nitrogens with one attached hydrogen (secondary N) is 2. The molecule has 3 aromatic rings. The van der Waals surface area contributed by atoms with Gasteiger partial charge in [-0.05, 0) is 42.3 Å². The first-order valence-electron chi connectivity index (χ1n) is 8.56. The number of hydrogen-bond donors (Lipinski definition) is 3. The first-order chi connectivity index (χ1) is 12.6. The number of amides is 2. The lowest BCUT2D eigenvalue weighted by Crippen LogP contribution is -2.36. The molecule has 3 N–H and O–H groups in total.